The number of hydrogen-bond donors (Lipinski definition) is 1. The molecular formula is C36H51NO2S. The summed E-state index contributed by atoms with van der Waals surface area (Å²) in [6.07, 6.45) is 0. The normalized spacial score (nSPS) is 12.7. The molecular weight excluding hydrogens is 510 g/mol. The molecule has 3 nitrogen and oxygen atoms in total. The molecule has 0 saturated heterocycles. The van der Waals surface area contributed by atoms with Crippen molar-refractivity contribution in [3.63, 3.8) is 0 Å². The van der Waals surface area contributed by atoms with Gasteiger partial charge in [0.2, 0.25) is 10.0 Å². The first-order valence-electron chi connectivity index (χ1n) is 15.0. The highest BCUT2D eigenvalue weighted by Crippen LogP contribution is 2.48. The van der Waals surface area contributed by atoms with Gasteiger partial charge in [-0.05, 0) is 91.6 Å². The lowest BCUT2D eigenvalue weighted by molar-refractivity contribution is 0.598. The van der Waals surface area contributed by atoms with Gasteiger partial charge in [-0.3, -0.25) is 0 Å². The maximum absolute atomic E-state index is 13.3. The Balaban J connectivity index is 2.71. The maximum atomic E-state index is 13.3. The molecule has 218 valence electrons. The van der Waals surface area contributed by atoms with Crippen molar-refractivity contribution in [1.29, 1.82) is 0 Å². The summed E-state index contributed by atoms with van der Waals surface area (Å²) >= 11 is 0. The summed E-state index contributed by atoms with van der Waals surface area (Å²) in [5.41, 5.74) is 11.3. The third kappa shape index (κ3) is 6.39. The molecule has 0 aliphatic carbocycles. The molecule has 0 spiro atoms. The van der Waals surface area contributed by atoms with Crippen LogP contribution < -0.4 is 5.14 Å². The molecule has 0 fully saturated rings. The van der Waals surface area contributed by atoms with Crippen LogP contribution in [0.15, 0.2) is 47.4 Å². The number of hydrogen-bond acceptors (Lipinski definition) is 2. The maximum Gasteiger partial charge on any atom is 0.238 e. The number of sulfonamides is 1. The number of nitrogens with two attached hydrogens (primary N) is 1. The van der Waals surface area contributed by atoms with Gasteiger partial charge in [0, 0.05) is 5.56 Å². The summed E-state index contributed by atoms with van der Waals surface area (Å²) in [7, 11) is -4.01. The average molecular weight is 562 g/mol. The summed E-state index contributed by atoms with van der Waals surface area (Å²) in [5.74, 6) is 1.67. The Labute approximate surface area is 244 Å². The fourth-order valence-corrected chi connectivity index (χ4v) is 6.51. The van der Waals surface area contributed by atoms with Crippen LogP contribution in [-0.2, 0) is 10.0 Å². The monoisotopic (exact) mass is 561 g/mol. The minimum atomic E-state index is -4.01. The second-order valence-corrected chi connectivity index (χ2v) is 14.8. The van der Waals surface area contributed by atoms with Crippen molar-refractivity contribution >= 4 is 10.0 Å². The van der Waals surface area contributed by atoms with Crippen molar-refractivity contribution in [2.24, 2.45) is 5.14 Å². The van der Waals surface area contributed by atoms with E-state index in [1.165, 1.54) is 33.4 Å². The molecule has 3 aromatic rings. The Morgan fingerprint density at radius 2 is 0.850 bits per heavy atom. The molecule has 0 aliphatic heterocycles. The van der Waals surface area contributed by atoms with Crippen LogP contribution in [0.3, 0.4) is 0 Å². The van der Waals surface area contributed by atoms with Gasteiger partial charge in [0.1, 0.15) is 0 Å². The molecule has 0 unspecified atom stereocenters. The smallest absolute Gasteiger partial charge is 0.225 e. The first-order chi connectivity index (χ1) is 18.5. The summed E-state index contributed by atoms with van der Waals surface area (Å²) in [6, 6.07) is 14.9. The van der Waals surface area contributed by atoms with E-state index in [0.717, 1.165) is 22.3 Å². The minimum Gasteiger partial charge on any atom is -0.225 e. The topological polar surface area (TPSA) is 60.2 Å². The predicted octanol–water partition coefficient (Wildman–Crippen LogP) is 10.4. The molecule has 40 heavy (non-hydrogen) atoms. The van der Waals surface area contributed by atoms with Gasteiger partial charge in [-0.2, -0.15) is 0 Å². The molecule has 0 atom stereocenters. The van der Waals surface area contributed by atoms with Gasteiger partial charge >= 0.3 is 0 Å². The van der Waals surface area contributed by atoms with E-state index in [9.17, 15) is 8.42 Å². The zero-order valence-electron chi connectivity index (χ0n) is 26.8. The number of benzene rings is 3. The molecule has 0 radical (unpaired) electrons. The van der Waals surface area contributed by atoms with Gasteiger partial charge in [0.15, 0.2) is 0 Å². The summed E-state index contributed by atoms with van der Waals surface area (Å²) < 4.78 is 26.6. The van der Waals surface area contributed by atoms with Crippen LogP contribution in [0.25, 0.3) is 22.3 Å². The Hall–Kier alpha value is -2.43. The molecule has 0 amide bonds. The second kappa shape index (κ2) is 12.2. The SMILES string of the molecule is CC(C)c1cc(C(C)C)c(-c2cccc(S(N)(=O)=O)c2-c2c(C(C)C)cc(C(C)C)cc2C(C)C)c(C(C)C)c1. The highest BCUT2D eigenvalue weighted by molar-refractivity contribution is 7.89. The molecule has 3 aromatic carbocycles. The van der Waals surface area contributed by atoms with Crippen LogP contribution in [0, 0.1) is 0 Å². The Kier molecular flexibility index (Phi) is 9.79. The van der Waals surface area contributed by atoms with E-state index < -0.39 is 10.0 Å². The third-order valence-electron chi connectivity index (χ3n) is 8.12. The van der Waals surface area contributed by atoms with E-state index in [1.54, 1.807) is 6.07 Å². The first-order valence-corrected chi connectivity index (χ1v) is 16.5. The highest BCUT2D eigenvalue weighted by Gasteiger charge is 2.29. The van der Waals surface area contributed by atoms with Crippen LogP contribution in [0.5, 0.6) is 0 Å². The zero-order chi connectivity index (χ0) is 30.3. The number of rotatable bonds is 9. The van der Waals surface area contributed by atoms with Crippen LogP contribution in [0.4, 0.5) is 0 Å². The lowest BCUT2D eigenvalue weighted by atomic mass is 9.76. The second-order valence-electron chi connectivity index (χ2n) is 13.3. The summed E-state index contributed by atoms with van der Waals surface area (Å²) in [5, 5.41) is 6.00. The predicted molar refractivity (Wildman–Crippen MR) is 173 cm³/mol. The van der Waals surface area contributed by atoms with Crippen LogP contribution in [-0.4, -0.2) is 8.42 Å². The molecule has 4 heteroatoms. The summed E-state index contributed by atoms with van der Waals surface area (Å²) in [4.78, 5) is 0.198. The van der Waals surface area contributed by atoms with Crippen molar-refractivity contribution in [1.82, 2.24) is 0 Å². The van der Waals surface area contributed by atoms with Gasteiger partial charge in [0.25, 0.3) is 0 Å². The van der Waals surface area contributed by atoms with Crippen LogP contribution in [0.2, 0.25) is 0 Å². The van der Waals surface area contributed by atoms with Crippen molar-refractivity contribution in [2.45, 2.75) is 123 Å². The fourth-order valence-electron chi connectivity index (χ4n) is 5.75. The van der Waals surface area contributed by atoms with E-state index in [1.807, 2.05) is 6.07 Å². The van der Waals surface area contributed by atoms with E-state index in [-0.39, 0.29) is 28.6 Å². The van der Waals surface area contributed by atoms with Gasteiger partial charge in [-0.1, -0.05) is 119 Å². The molecule has 3 rings (SSSR count). The third-order valence-corrected chi connectivity index (χ3v) is 9.07. The van der Waals surface area contributed by atoms with Crippen molar-refractivity contribution < 1.29 is 8.42 Å². The molecule has 0 bridgehead atoms. The zero-order valence-corrected chi connectivity index (χ0v) is 27.6. The lowest BCUT2D eigenvalue weighted by Gasteiger charge is -2.29. The standard InChI is InChI=1S/C36H51NO2S/c1-20(2)26-16-29(22(5)6)34(30(17-26)23(7)8)28-14-13-15-33(40(37,38)39)36(28)35-31(24(9)10)18-27(21(3)4)19-32(35)25(11)12/h13-25H,1-12H3,(H2,37,38,39). The van der Waals surface area contributed by atoms with Crippen molar-refractivity contribution in [2.75, 3.05) is 0 Å². The van der Waals surface area contributed by atoms with E-state index in [2.05, 4.69) is 113 Å². The Morgan fingerprint density at radius 3 is 1.15 bits per heavy atom. The van der Waals surface area contributed by atoms with Gasteiger partial charge in [-0.25, -0.2) is 13.6 Å². The van der Waals surface area contributed by atoms with Gasteiger partial charge in [-0.15, -0.1) is 0 Å². The Morgan fingerprint density at radius 1 is 0.500 bits per heavy atom. The van der Waals surface area contributed by atoms with Crippen LogP contribution in [0.1, 0.15) is 152 Å². The van der Waals surface area contributed by atoms with Crippen LogP contribution >= 0.6 is 0 Å². The van der Waals surface area contributed by atoms with Gasteiger partial charge in [0.05, 0.1) is 4.90 Å². The van der Waals surface area contributed by atoms with Crippen molar-refractivity contribution in [3.05, 3.63) is 75.8 Å². The van der Waals surface area contributed by atoms with E-state index in [0.29, 0.717) is 11.8 Å². The van der Waals surface area contributed by atoms with E-state index >= 15 is 0 Å². The molecule has 2 N–H and O–H groups in total. The molecule has 0 saturated carbocycles. The van der Waals surface area contributed by atoms with Crippen molar-refractivity contribution in [3.8, 4) is 22.3 Å². The highest BCUT2D eigenvalue weighted by atomic mass is 32.2. The average Bonchev–Trinajstić information content (AvgIpc) is 2.85. The molecule has 0 aliphatic rings. The first kappa shape index (κ1) is 32.1. The Bertz CT molecular complexity index is 1420. The molecule has 0 heterocycles. The minimum absolute atomic E-state index is 0.198. The number of primary sulfonamides is 1. The van der Waals surface area contributed by atoms with Gasteiger partial charge < -0.3 is 0 Å². The molecule has 0 aromatic heterocycles. The summed E-state index contributed by atoms with van der Waals surface area (Å²) in [6.45, 7) is 26.6. The quantitative estimate of drug-likeness (QED) is 0.282. The lowest BCUT2D eigenvalue weighted by Crippen LogP contribution is -2.16. The largest absolute Gasteiger partial charge is 0.238 e. The van der Waals surface area contributed by atoms with E-state index in [4.69, 9.17) is 5.14 Å². The fraction of sp³-hybridized carbons (Fsp3) is 0.500.